The van der Waals surface area contributed by atoms with Crippen molar-refractivity contribution in [1.82, 2.24) is 5.32 Å². The summed E-state index contributed by atoms with van der Waals surface area (Å²) < 4.78 is 5.08. The van der Waals surface area contributed by atoms with Crippen molar-refractivity contribution in [3.05, 3.63) is 107 Å². The van der Waals surface area contributed by atoms with Crippen molar-refractivity contribution in [2.24, 2.45) is 0 Å². The Morgan fingerprint density at radius 1 is 0.774 bits per heavy atom. The van der Waals surface area contributed by atoms with E-state index in [2.05, 4.69) is 26.1 Å². The summed E-state index contributed by atoms with van der Waals surface area (Å²) in [5.41, 5.74) is 3.48. The minimum atomic E-state index is -0.871. The highest BCUT2D eigenvalue weighted by molar-refractivity contribution is 5.97. The SMILES string of the molecule is COC(=O)[C@@H](NC(=O)c1ccc(C(C)(C)C)cc1)C(c1ccccc1)c1ccccc1. The van der Waals surface area contributed by atoms with Crippen LogP contribution >= 0.6 is 0 Å². The first-order valence-electron chi connectivity index (χ1n) is 10.4. The molecule has 31 heavy (non-hydrogen) atoms. The maximum atomic E-state index is 13.1. The summed E-state index contributed by atoms with van der Waals surface area (Å²) >= 11 is 0. The van der Waals surface area contributed by atoms with Crippen LogP contribution < -0.4 is 5.32 Å². The molecule has 1 amide bonds. The molecule has 0 aliphatic carbocycles. The predicted molar refractivity (Wildman–Crippen MR) is 123 cm³/mol. The van der Waals surface area contributed by atoms with E-state index in [9.17, 15) is 9.59 Å². The smallest absolute Gasteiger partial charge is 0.329 e. The van der Waals surface area contributed by atoms with Crippen molar-refractivity contribution in [2.45, 2.75) is 38.1 Å². The summed E-state index contributed by atoms with van der Waals surface area (Å²) in [5.74, 6) is -1.18. The van der Waals surface area contributed by atoms with Gasteiger partial charge in [-0.15, -0.1) is 0 Å². The lowest BCUT2D eigenvalue weighted by molar-refractivity contribution is -0.143. The molecule has 0 saturated carbocycles. The Balaban J connectivity index is 1.96. The van der Waals surface area contributed by atoms with Crippen LogP contribution in [0, 0.1) is 0 Å². The van der Waals surface area contributed by atoms with Crippen LogP contribution in [-0.4, -0.2) is 25.0 Å². The monoisotopic (exact) mass is 415 g/mol. The van der Waals surface area contributed by atoms with E-state index in [1.165, 1.54) is 7.11 Å². The quantitative estimate of drug-likeness (QED) is 0.571. The Hall–Kier alpha value is -3.40. The van der Waals surface area contributed by atoms with E-state index >= 15 is 0 Å². The first kappa shape index (κ1) is 22.3. The Labute approximate surface area is 184 Å². The number of carbonyl (C=O) groups is 2. The lowest BCUT2D eigenvalue weighted by atomic mass is 9.84. The first-order valence-corrected chi connectivity index (χ1v) is 10.4. The van der Waals surface area contributed by atoms with Crippen LogP contribution in [0.2, 0.25) is 0 Å². The fourth-order valence-electron chi connectivity index (χ4n) is 3.65. The highest BCUT2D eigenvalue weighted by Gasteiger charge is 2.33. The highest BCUT2D eigenvalue weighted by Crippen LogP contribution is 2.29. The van der Waals surface area contributed by atoms with Crippen LogP contribution in [-0.2, 0) is 14.9 Å². The molecular formula is C27H29NO3. The van der Waals surface area contributed by atoms with Gasteiger partial charge in [0, 0.05) is 11.5 Å². The Morgan fingerprint density at radius 3 is 1.68 bits per heavy atom. The van der Waals surface area contributed by atoms with Crippen LogP contribution in [0.3, 0.4) is 0 Å². The first-order chi connectivity index (χ1) is 14.8. The molecule has 0 heterocycles. The lowest BCUT2D eigenvalue weighted by Crippen LogP contribution is -2.46. The van der Waals surface area contributed by atoms with Gasteiger partial charge in [-0.2, -0.15) is 0 Å². The van der Waals surface area contributed by atoms with Crippen LogP contribution in [0.4, 0.5) is 0 Å². The van der Waals surface area contributed by atoms with Crippen LogP contribution in [0.15, 0.2) is 84.9 Å². The number of amides is 1. The van der Waals surface area contributed by atoms with Crippen LogP contribution in [0.5, 0.6) is 0 Å². The molecule has 0 aromatic heterocycles. The van der Waals surface area contributed by atoms with Gasteiger partial charge in [-0.05, 0) is 34.2 Å². The minimum absolute atomic E-state index is 0.00469. The van der Waals surface area contributed by atoms with E-state index in [4.69, 9.17) is 4.74 Å². The third kappa shape index (κ3) is 5.40. The standard InChI is InChI=1S/C27H29NO3/c1-27(2,3)22-17-15-21(16-18-22)25(29)28-24(26(30)31-4)23(19-11-7-5-8-12-19)20-13-9-6-10-14-20/h5-18,23-24H,1-4H3,(H,28,29)/t24-/m0/s1. The number of hydrogen-bond donors (Lipinski definition) is 1. The van der Waals surface area contributed by atoms with Gasteiger partial charge in [0.25, 0.3) is 5.91 Å². The van der Waals surface area contributed by atoms with E-state index in [1.54, 1.807) is 12.1 Å². The maximum absolute atomic E-state index is 13.1. The number of methoxy groups -OCH3 is 1. The number of rotatable bonds is 6. The fraction of sp³-hybridized carbons (Fsp3) is 0.259. The van der Waals surface area contributed by atoms with Gasteiger partial charge in [-0.1, -0.05) is 93.6 Å². The normalized spacial score (nSPS) is 12.3. The van der Waals surface area contributed by atoms with Gasteiger partial charge in [-0.3, -0.25) is 4.79 Å². The molecule has 3 aromatic carbocycles. The van der Waals surface area contributed by atoms with Gasteiger partial charge in [0.05, 0.1) is 7.11 Å². The number of benzene rings is 3. The largest absolute Gasteiger partial charge is 0.467 e. The molecular weight excluding hydrogens is 386 g/mol. The predicted octanol–water partition coefficient (Wildman–Crippen LogP) is 5.09. The Morgan fingerprint density at radius 2 is 1.26 bits per heavy atom. The second-order valence-electron chi connectivity index (χ2n) is 8.60. The Kier molecular flexibility index (Phi) is 6.91. The summed E-state index contributed by atoms with van der Waals surface area (Å²) in [5, 5.41) is 2.93. The Bertz CT molecular complexity index is 966. The molecule has 0 aliphatic rings. The molecule has 0 fully saturated rings. The second kappa shape index (κ2) is 9.61. The highest BCUT2D eigenvalue weighted by atomic mass is 16.5. The van der Waals surface area contributed by atoms with Gasteiger partial charge in [0.15, 0.2) is 0 Å². The van der Waals surface area contributed by atoms with Crippen LogP contribution in [0.25, 0.3) is 0 Å². The number of ether oxygens (including phenoxy) is 1. The molecule has 0 spiro atoms. The summed E-state index contributed by atoms with van der Waals surface area (Å²) in [6.45, 7) is 6.37. The molecule has 0 aliphatic heterocycles. The molecule has 0 saturated heterocycles. The zero-order chi connectivity index (χ0) is 22.4. The molecule has 4 nitrogen and oxygen atoms in total. The molecule has 3 aromatic rings. The number of hydrogen-bond acceptors (Lipinski definition) is 3. The van der Waals surface area contributed by atoms with Crippen molar-refractivity contribution in [2.75, 3.05) is 7.11 Å². The average Bonchev–Trinajstić information content (AvgIpc) is 2.79. The third-order valence-corrected chi connectivity index (χ3v) is 5.41. The van der Waals surface area contributed by atoms with E-state index in [-0.39, 0.29) is 17.2 Å². The van der Waals surface area contributed by atoms with Gasteiger partial charge < -0.3 is 10.1 Å². The number of esters is 1. The van der Waals surface area contributed by atoms with E-state index < -0.39 is 12.0 Å². The van der Waals surface area contributed by atoms with Crippen molar-refractivity contribution in [1.29, 1.82) is 0 Å². The molecule has 4 heteroatoms. The third-order valence-electron chi connectivity index (χ3n) is 5.41. The van der Waals surface area contributed by atoms with Crippen molar-refractivity contribution in [3.8, 4) is 0 Å². The lowest BCUT2D eigenvalue weighted by Gasteiger charge is -2.27. The molecule has 1 N–H and O–H groups in total. The molecule has 160 valence electrons. The van der Waals surface area contributed by atoms with Gasteiger partial charge >= 0.3 is 5.97 Å². The summed E-state index contributed by atoms with van der Waals surface area (Å²) in [6, 6.07) is 26.0. The zero-order valence-electron chi connectivity index (χ0n) is 18.5. The van der Waals surface area contributed by atoms with E-state index in [0.717, 1.165) is 16.7 Å². The van der Waals surface area contributed by atoms with Crippen molar-refractivity contribution in [3.63, 3.8) is 0 Å². The van der Waals surface area contributed by atoms with Crippen molar-refractivity contribution < 1.29 is 14.3 Å². The summed E-state index contributed by atoms with van der Waals surface area (Å²) in [6.07, 6.45) is 0. The maximum Gasteiger partial charge on any atom is 0.329 e. The molecule has 3 rings (SSSR count). The van der Waals surface area contributed by atoms with E-state index in [1.807, 2.05) is 72.8 Å². The molecule has 1 atom stereocenters. The fourth-order valence-corrected chi connectivity index (χ4v) is 3.65. The number of carbonyl (C=O) groups excluding carboxylic acids is 2. The summed E-state index contributed by atoms with van der Waals surface area (Å²) in [7, 11) is 1.34. The zero-order valence-corrected chi connectivity index (χ0v) is 18.5. The molecule has 0 radical (unpaired) electrons. The van der Waals surface area contributed by atoms with Gasteiger partial charge in [0.2, 0.25) is 0 Å². The average molecular weight is 416 g/mol. The molecule has 0 unspecified atom stereocenters. The number of nitrogens with one attached hydrogen (secondary N) is 1. The van der Waals surface area contributed by atoms with Gasteiger partial charge in [0.1, 0.15) is 6.04 Å². The second-order valence-corrected chi connectivity index (χ2v) is 8.60. The van der Waals surface area contributed by atoms with Crippen molar-refractivity contribution >= 4 is 11.9 Å². The van der Waals surface area contributed by atoms with E-state index in [0.29, 0.717) is 5.56 Å². The molecule has 0 bridgehead atoms. The summed E-state index contributed by atoms with van der Waals surface area (Å²) in [4.78, 5) is 25.9. The minimum Gasteiger partial charge on any atom is -0.467 e. The topological polar surface area (TPSA) is 55.4 Å². The van der Waals surface area contributed by atoms with Gasteiger partial charge in [-0.25, -0.2) is 4.79 Å². The van der Waals surface area contributed by atoms with Crippen LogP contribution in [0.1, 0.15) is 53.7 Å².